The lowest BCUT2D eigenvalue weighted by molar-refractivity contribution is 0.101. The monoisotopic (exact) mass is 239 g/mol. The predicted octanol–water partition coefficient (Wildman–Crippen LogP) is 2.24. The quantitative estimate of drug-likeness (QED) is 0.774. The second-order valence-corrected chi connectivity index (χ2v) is 3.90. The summed E-state index contributed by atoms with van der Waals surface area (Å²) < 4.78 is 13.6. The molecule has 0 atom stereocenters. The van der Waals surface area contributed by atoms with E-state index in [1.165, 1.54) is 13.0 Å². The first kappa shape index (κ1) is 13.6. The average molecular weight is 239 g/mol. The van der Waals surface area contributed by atoms with E-state index in [4.69, 9.17) is 5.11 Å². The Kier molecular flexibility index (Phi) is 5.10. The maximum atomic E-state index is 13.6. The van der Waals surface area contributed by atoms with Gasteiger partial charge in [-0.05, 0) is 25.5 Å². The van der Waals surface area contributed by atoms with Crippen molar-refractivity contribution in [2.45, 2.75) is 20.3 Å². The number of ketones is 1. The van der Waals surface area contributed by atoms with Gasteiger partial charge in [-0.25, -0.2) is 4.39 Å². The molecule has 0 amide bonds. The summed E-state index contributed by atoms with van der Waals surface area (Å²) in [6.45, 7) is 4.41. The molecule has 0 aliphatic rings. The van der Waals surface area contributed by atoms with Crippen molar-refractivity contribution in [2.24, 2.45) is 0 Å². The van der Waals surface area contributed by atoms with E-state index < -0.39 is 5.82 Å². The molecular weight excluding hydrogens is 221 g/mol. The van der Waals surface area contributed by atoms with E-state index in [-0.39, 0.29) is 18.0 Å². The second kappa shape index (κ2) is 6.35. The molecule has 0 fully saturated rings. The molecule has 0 aliphatic heterocycles. The fourth-order valence-electron chi connectivity index (χ4n) is 1.87. The molecule has 1 rings (SSSR count). The molecule has 0 radical (unpaired) electrons. The first-order valence-electron chi connectivity index (χ1n) is 5.77. The number of aliphatic hydroxyl groups is 1. The molecule has 0 heterocycles. The summed E-state index contributed by atoms with van der Waals surface area (Å²) in [5.41, 5.74) is 0.669. The Morgan fingerprint density at radius 1 is 1.41 bits per heavy atom. The second-order valence-electron chi connectivity index (χ2n) is 3.90. The number of carbonyl (C=O) groups excluding carboxylic acids is 1. The molecule has 4 heteroatoms. The molecule has 0 unspecified atom stereocenters. The minimum Gasteiger partial charge on any atom is -0.395 e. The van der Waals surface area contributed by atoms with Crippen LogP contribution in [0.15, 0.2) is 18.2 Å². The molecule has 94 valence electrons. The number of halogens is 1. The third-order valence-electron chi connectivity index (χ3n) is 2.55. The molecule has 0 saturated carbocycles. The zero-order valence-corrected chi connectivity index (χ0v) is 10.2. The summed E-state index contributed by atoms with van der Waals surface area (Å²) >= 11 is 0. The van der Waals surface area contributed by atoms with Gasteiger partial charge < -0.3 is 10.0 Å². The van der Waals surface area contributed by atoms with E-state index in [9.17, 15) is 9.18 Å². The molecular formula is C13H18FNO2. The van der Waals surface area contributed by atoms with Crippen molar-refractivity contribution >= 4 is 11.5 Å². The molecule has 3 nitrogen and oxygen atoms in total. The van der Waals surface area contributed by atoms with Gasteiger partial charge in [0.25, 0.3) is 0 Å². The molecule has 0 aromatic heterocycles. The van der Waals surface area contributed by atoms with Crippen LogP contribution in [0.4, 0.5) is 10.1 Å². The Bertz CT molecular complexity index is 387. The van der Waals surface area contributed by atoms with Crippen LogP contribution in [0.2, 0.25) is 0 Å². The van der Waals surface area contributed by atoms with Gasteiger partial charge in [-0.2, -0.15) is 0 Å². The van der Waals surface area contributed by atoms with Crippen molar-refractivity contribution in [1.29, 1.82) is 0 Å². The third-order valence-corrected chi connectivity index (χ3v) is 2.55. The van der Waals surface area contributed by atoms with Crippen LogP contribution in [0.25, 0.3) is 0 Å². The fraction of sp³-hybridized carbons (Fsp3) is 0.462. The highest BCUT2D eigenvalue weighted by Gasteiger charge is 2.17. The summed E-state index contributed by atoms with van der Waals surface area (Å²) in [5.74, 6) is -0.800. The number of benzene rings is 1. The molecule has 1 aromatic rings. The fourth-order valence-corrected chi connectivity index (χ4v) is 1.87. The zero-order valence-electron chi connectivity index (χ0n) is 10.2. The first-order chi connectivity index (χ1) is 8.11. The minimum absolute atomic E-state index is 0.0200. The van der Waals surface area contributed by atoms with Crippen LogP contribution >= 0.6 is 0 Å². The summed E-state index contributed by atoms with van der Waals surface area (Å²) in [4.78, 5) is 13.3. The molecule has 0 bridgehead atoms. The maximum Gasteiger partial charge on any atom is 0.164 e. The van der Waals surface area contributed by atoms with E-state index >= 15 is 0 Å². The lowest BCUT2D eigenvalue weighted by Gasteiger charge is -2.25. The highest BCUT2D eigenvalue weighted by atomic mass is 19.1. The van der Waals surface area contributed by atoms with Gasteiger partial charge in [0.2, 0.25) is 0 Å². The SMILES string of the molecule is CCCN(CCO)c1cccc(F)c1C(C)=O. The summed E-state index contributed by atoms with van der Waals surface area (Å²) in [7, 11) is 0. The van der Waals surface area contributed by atoms with Gasteiger partial charge >= 0.3 is 0 Å². The van der Waals surface area contributed by atoms with Gasteiger partial charge in [-0.3, -0.25) is 4.79 Å². The Labute approximate surface area is 101 Å². The number of rotatable bonds is 6. The standard InChI is InChI=1S/C13H18FNO2/c1-3-7-15(8-9-16)12-6-4-5-11(14)13(12)10(2)17/h4-6,16H,3,7-9H2,1-2H3. The van der Waals surface area contributed by atoms with Gasteiger partial charge in [0, 0.05) is 13.1 Å². The summed E-state index contributed by atoms with van der Waals surface area (Å²) in [6.07, 6.45) is 0.869. The van der Waals surface area contributed by atoms with Crippen LogP contribution in [0.1, 0.15) is 30.6 Å². The van der Waals surface area contributed by atoms with Crippen LogP contribution in [-0.2, 0) is 0 Å². The van der Waals surface area contributed by atoms with Crippen LogP contribution in [-0.4, -0.2) is 30.6 Å². The van der Waals surface area contributed by atoms with E-state index in [2.05, 4.69) is 0 Å². The summed E-state index contributed by atoms with van der Waals surface area (Å²) in [6, 6.07) is 4.57. The number of Topliss-reactive ketones (excluding diaryl/α,β-unsaturated/α-hetero) is 1. The van der Waals surface area contributed by atoms with Crippen molar-refractivity contribution in [1.82, 2.24) is 0 Å². The third kappa shape index (κ3) is 3.27. The lowest BCUT2D eigenvalue weighted by Crippen LogP contribution is -2.29. The molecule has 1 aromatic carbocycles. The van der Waals surface area contributed by atoms with Crippen LogP contribution in [0, 0.1) is 5.82 Å². The molecule has 0 aliphatic carbocycles. The van der Waals surface area contributed by atoms with Crippen LogP contribution < -0.4 is 4.90 Å². The number of nitrogens with zero attached hydrogens (tertiary/aromatic N) is 1. The Hall–Kier alpha value is -1.42. The number of carbonyl (C=O) groups is 1. The van der Waals surface area contributed by atoms with E-state index in [0.717, 1.165) is 6.42 Å². The maximum absolute atomic E-state index is 13.6. The Morgan fingerprint density at radius 3 is 2.65 bits per heavy atom. The van der Waals surface area contributed by atoms with Crippen molar-refractivity contribution in [3.8, 4) is 0 Å². The highest BCUT2D eigenvalue weighted by molar-refractivity contribution is 6.00. The van der Waals surface area contributed by atoms with Gasteiger partial charge in [-0.15, -0.1) is 0 Å². The van der Waals surface area contributed by atoms with Gasteiger partial charge in [0.1, 0.15) is 5.82 Å². The summed E-state index contributed by atoms with van der Waals surface area (Å²) in [5, 5.41) is 9.00. The van der Waals surface area contributed by atoms with Gasteiger partial charge in [0.15, 0.2) is 5.78 Å². The van der Waals surface area contributed by atoms with Crippen molar-refractivity contribution in [3.63, 3.8) is 0 Å². The average Bonchev–Trinajstić information content (AvgIpc) is 2.28. The Balaban J connectivity index is 3.17. The van der Waals surface area contributed by atoms with Crippen LogP contribution in [0.5, 0.6) is 0 Å². The van der Waals surface area contributed by atoms with E-state index in [0.29, 0.717) is 18.8 Å². The molecule has 0 spiro atoms. The zero-order chi connectivity index (χ0) is 12.8. The van der Waals surface area contributed by atoms with Gasteiger partial charge in [-0.1, -0.05) is 13.0 Å². The van der Waals surface area contributed by atoms with Crippen molar-refractivity contribution in [2.75, 3.05) is 24.6 Å². The molecule has 17 heavy (non-hydrogen) atoms. The first-order valence-corrected chi connectivity index (χ1v) is 5.77. The number of hydrogen-bond acceptors (Lipinski definition) is 3. The lowest BCUT2D eigenvalue weighted by atomic mass is 10.1. The number of hydrogen-bond donors (Lipinski definition) is 1. The molecule has 1 N–H and O–H groups in total. The van der Waals surface area contributed by atoms with Gasteiger partial charge in [0.05, 0.1) is 17.9 Å². The number of anilines is 1. The predicted molar refractivity (Wildman–Crippen MR) is 66.0 cm³/mol. The normalized spacial score (nSPS) is 10.4. The minimum atomic E-state index is -0.506. The van der Waals surface area contributed by atoms with Crippen molar-refractivity contribution in [3.05, 3.63) is 29.6 Å². The van der Waals surface area contributed by atoms with Crippen molar-refractivity contribution < 1.29 is 14.3 Å². The van der Waals surface area contributed by atoms with E-state index in [1.807, 2.05) is 11.8 Å². The smallest absolute Gasteiger partial charge is 0.164 e. The Morgan fingerprint density at radius 2 is 2.12 bits per heavy atom. The van der Waals surface area contributed by atoms with Crippen LogP contribution in [0.3, 0.4) is 0 Å². The topological polar surface area (TPSA) is 40.5 Å². The largest absolute Gasteiger partial charge is 0.395 e. The number of aliphatic hydroxyl groups excluding tert-OH is 1. The van der Waals surface area contributed by atoms with E-state index in [1.54, 1.807) is 12.1 Å². The highest BCUT2D eigenvalue weighted by Crippen LogP contribution is 2.23. The molecule has 0 saturated heterocycles.